The molecule has 8 heteroatoms. The molecule has 2 heterocycles. The number of rotatable bonds is 8. The van der Waals surface area contributed by atoms with Crippen molar-refractivity contribution in [3.05, 3.63) is 59.2 Å². The second-order valence-corrected chi connectivity index (χ2v) is 9.58. The molecule has 0 aliphatic carbocycles. The van der Waals surface area contributed by atoms with Gasteiger partial charge in [-0.3, -0.25) is 4.79 Å². The van der Waals surface area contributed by atoms with Gasteiger partial charge in [0.25, 0.3) is 0 Å². The fourth-order valence-electron chi connectivity index (χ4n) is 4.32. The minimum Gasteiger partial charge on any atom is -0.369 e. The van der Waals surface area contributed by atoms with Crippen molar-refractivity contribution in [2.24, 2.45) is 0 Å². The van der Waals surface area contributed by atoms with E-state index in [0.29, 0.717) is 17.8 Å². The Bertz CT molecular complexity index is 1150. The van der Waals surface area contributed by atoms with E-state index in [4.69, 9.17) is 0 Å². The van der Waals surface area contributed by atoms with Crippen molar-refractivity contribution in [2.75, 3.05) is 49.5 Å². The number of unbranched alkanes of at least 4 members (excludes halogenated alkanes) is 1. The Kier molecular flexibility index (Phi) is 8.13. The second-order valence-electron chi connectivity index (χ2n) is 8.67. The highest BCUT2D eigenvalue weighted by atomic mass is 32.1. The molecule has 1 aliphatic heterocycles. The van der Waals surface area contributed by atoms with Crippen LogP contribution in [-0.2, 0) is 0 Å². The normalized spacial score (nSPS) is 14.7. The van der Waals surface area contributed by atoms with E-state index in [1.807, 2.05) is 6.07 Å². The van der Waals surface area contributed by atoms with Crippen molar-refractivity contribution in [3.63, 3.8) is 0 Å². The molecule has 1 aromatic heterocycles. The number of Topliss-reactive ketones (excluding diaryl/α,β-unsaturated/α-hetero) is 1. The van der Waals surface area contributed by atoms with Crippen LogP contribution in [0.2, 0.25) is 0 Å². The predicted octanol–water partition coefficient (Wildman–Crippen LogP) is 5.36. The number of benzene rings is 2. The minimum absolute atomic E-state index is 0.0280. The van der Waals surface area contributed by atoms with Crippen LogP contribution in [0.3, 0.4) is 0 Å². The number of carbonyl (C=O) groups excluding carboxylic acids is 2. The van der Waals surface area contributed by atoms with E-state index in [2.05, 4.69) is 25.8 Å². The van der Waals surface area contributed by atoms with E-state index >= 15 is 0 Å². The first kappa shape index (κ1) is 24.2. The van der Waals surface area contributed by atoms with Gasteiger partial charge in [-0.15, -0.1) is 11.3 Å². The molecule has 0 atom stereocenters. The summed E-state index contributed by atoms with van der Waals surface area (Å²) in [5, 5.41) is 8.95. The van der Waals surface area contributed by atoms with Gasteiger partial charge in [-0.25, -0.2) is 9.18 Å². The monoisotopic (exact) mass is 482 g/mol. The summed E-state index contributed by atoms with van der Waals surface area (Å²) in [5.41, 5.74) is 2.41. The molecule has 4 rings (SSSR count). The van der Waals surface area contributed by atoms with Gasteiger partial charge in [0.15, 0.2) is 5.78 Å². The van der Waals surface area contributed by atoms with Crippen molar-refractivity contribution in [1.82, 2.24) is 10.2 Å². The lowest BCUT2D eigenvalue weighted by Gasteiger charge is -2.23. The number of urea groups is 1. The van der Waals surface area contributed by atoms with E-state index in [1.54, 1.807) is 47.7 Å². The lowest BCUT2D eigenvalue weighted by molar-refractivity contribution is 0.101. The van der Waals surface area contributed by atoms with Crippen LogP contribution in [0.25, 0.3) is 10.1 Å². The number of amides is 2. The summed E-state index contributed by atoms with van der Waals surface area (Å²) in [6.07, 6.45) is 3.02. The summed E-state index contributed by atoms with van der Waals surface area (Å²) < 4.78 is 14.5. The van der Waals surface area contributed by atoms with Gasteiger partial charge in [-0.2, -0.15) is 0 Å². The molecular formula is C26H31FN4O2S. The van der Waals surface area contributed by atoms with Crippen molar-refractivity contribution >= 4 is 44.6 Å². The Hall–Kier alpha value is -2.97. The number of halogens is 1. The highest BCUT2D eigenvalue weighted by Crippen LogP contribution is 2.34. The van der Waals surface area contributed by atoms with Gasteiger partial charge in [0, 0.05) is 52.9 Å². The van der Waals surface area contributed by atoms with Crippen LogP contribution >= 0.6 is 11.3 Å². The van der Waals surface area contributed by atoms with Crippen LogP contribution in [0.4, 0.5) is 20.6 Å². The maximum absolute atomic E-state index is 13.5. The van der Waals surface area contributed by atoms with Crippen molar-refractivity contribution in [3.8, 4) is 0 Å². The Labute approximate surface area is 203 Å². The van der Waals surface area contributed by atoms with E-state index in [1.165, 1.54) is 12.6 Å². The van der Waals surface area contributed by atoms with Crippen LogP contribution in [0, 0.1) is 5.82 Å². The molecule has 0 unspecified atom stereocenters. The number of ketones is 1. The van der Waals surface area contributed by atoms with Gasteiger partial charge in [0.1, 0.15) is 5.82 Å². The number of nitrogens with one attached hydrogen (secondary N) is 2. The zero-order chi connectivity index (χ0) is 23.9. The van der Waals surface area contributed by atoms with Crippen molar-refractivity contribution in [1.29, 1.82) is 0 Å². The number of thiophene rings is 1. The number of nitrogens with zero attached hydrogens (tertiary/aromatic N) is 2. The average molecular weight is 483 g/mol. The summed E-state index contributed by atoms with van der Waals surface area (Å²) in [5.74, 6) is -0.211. The van der Waals surface area contributed by atoms with Crippen LogP contribution in [0.1, 0.15) is 36.5 Å². The third-order valence-electron chi connectivity index (χ3n) is 6.16. The molecule has 3 aromatic rings. The van der Waals surface area contributed by atoms with Crippen molar-refractivity contribution in [2.45, 2.75) is 26.2 Å². The molecule has 1 fully saturated rings. The maximum atomic E-state index is 13.5. The summed E-state index contributed by atoms with van der Waals surface area (Å²) in [4.78, 5) is 28.5. The summed E-state index contributed by atoms with van der Waals surface area (Å²) >= 11 is 1.60. The fourth-order valence-corrected chi connectivity index (χ4v) is 5.32. The summed E-state index contributed by atoms with van der Waals surface area (Å²) in [7, 11) is 0. The fraction of sp³-hybridized carbons (Fsp3) is 0.385. The SMILES string of the molecule is CC(=O)c1cccc(NC(=O)NCCCCN2CCCN(c3csc4cc(F)ccc34)CC2)c1. The number of carbonyl (C=O) groups is 2. The molecule has 1 aliphatic rings. The second kappa shape index (κ2) is 11.4. The molecule has 0 bridgehead atoms. The van der Waals surface area contributed by atoms with Gasteiger partial charge in [0.05, 0.1) is 5.69 Å². The smallest absolute Gasteiger partial charge is 0.319 e. The van der Waals surface area contributed by atoms with Gasteiger partial charge in [0.2, 0.25) is 0 Å². The standard InChI is InChI=1S/C26H31FN4O2S/c1-19(32)20-6-4-7-22(16-20)29-26(33)28-10-2-3-11-30-12-5-13-31(15-14-30)24-18-34-25-17-21(27)8-9-23(24)25/h4,6-9,16-18H,2-3,5,10-15H2,1H3,(H2,28,29,33). The summed E-state index contributed by atoms with van der Waals surface area (Å²) in [6, 6.07) is 11.7. The zero-order valence-corrected chi connectivity index (χ0v) is 20.3. The molecule has 6 nitrogen and oxygen atoms in total. The van der Waals surface area contributed by atoms with Gasteiger partial charge in [-0.05, 0) is 69.6 Å². The molecule has 2 aromatic carbocycles. The van der Waals surface area contributed by atoms with Crippen LogP contribution < -0.4 is 15.5 Å². The number of hydrogen-bond donors (Lipinski definition) is 2. The number of hydrogen-bond acceptors (Lipinski definition) is 5. The van der Waals surface area contributed by atoms with E-state index < -0.39 is 0 Å². The van der Waals surface area contributed by atoms with Crippen LogP contribution in [0.5, 0.6) is 0 Å². The molecule has 0 radical (unpaired) electrons. The quantitative estimate of drug-likeness (QED) is 0.335. The maximum Gasteiger partial charge on any atom is 0.319 e. The van der Waals surface area contributed by atoms with Crippen molar-refractivity contribution < 1.29 is 14.0 Å². The minimum atomic E-state index is -0.256. The third-order valence-corrected chi connectivity index (χ3v) is 7.09. The first-order valence-electron chi connectivity index (χ1n) is 11.8. The van der Waals surface area contributed by atoms with E-state index in [0.717, 1.165) is 62.1 Å². The zero-order valence-electron chi connectivity index (χ0n) is 19.5. The van der Waals surface area contributed by atoms with Gasteiger partial charge >= 0.3 is 6.03 Å². The molecule has 0 saturated carbocycles. The molecule has 0 spiro atoms. The van der Waals surface area contributed by atoms with Gasteiger partial charge < -0.3 is 20.4 Å². The molecule has 180 valence electrons. The van der Waals surface area contributed by atoms with Crippen LogP contribution in [0.15, 0.2) is 47.8 Å². The Balaban J connectivity index is 1.16. The first-order valence-corrected chi connectivity index (χ1v) is 12.7. The topological polar surface area (TPSA) is 64.7 Å². The molecule has 2 amide bonds. The number of anilines is 2. The van der Waals surface area contributed by atoms with E-state index in [9.17, 15) is 14.0 Å². The molecule has 34 heavy (non-hydrogen) atoms. The average Bonchev–Trinajstić information content (AvgIpc) is 3.08. The predicted molar refractivity (Wildman–Crippen MR) is 138 cm³/mol. The first-order chi connectivity index (χ1) is 16.5. The third kappa shape index (κ3) is 6.33. The largest absolute Gasteiger partial charge is 0.369 e. The highest BCUT2D eigenvalue weighted by molar-refractivity contribution is 7.17. The van der Waals surface area contributed by atoms with Gasteiger partial charge in [-0.1, -0.05) is 12.1 Å². The lowest BCUT2D eigenvalue weighted by atomic mass is 10.1. The number of fused-ring (bicyclic) bond motifs is 1. The van der Waals surface area contributed by atoms with Crippen LogP contribution in [-0.4, -0.2) is 56.0 Å². The molecular weight excluding hydrogens is 451 g/mol. The Morgan fingerprint density at radius 3 is 2.79 bits per heavy atom. The highest BCUT2D eigenvalue weighted by Gasteiger charge is 2.18. The summed E-state index contributed by atoms with van der Waals surface area (Å²) in [6.45, 7) is 7.15. The lowest BCUT2D eigenvalue weighted by Crippen LogP contribution is -2.32. The molecule has 1 saturated heterocycles. The Morgan fingerprint density at radius 2 is 1.94 bits per heavy atom. The Morgan fingerprint density at radius 1 is 1.06 bits per heavy atom. The van der Waals surface area contributed by atoms with E-state index in [-0.39, 0.29) is 17.6 Å². The molecule has 2 N–H and O–H groups in total.